The summed E-state index contributed by atoms with van der Waals surface area (Å²) in [5, 5.41) is 9.25. The van der Waals surface area contributed by atoms with Crippen LogP contribution in [0.5, 0.6) is 0 Å². The van der Waals surface area contributed by atoms with E-state index in [0.29, 0.717) is 5.41 Å². The van der Waals surface area contributed by atoms with Gasteiger partial charge in [0.15, 0.2) is 0 Å². The first-order valence-electron chi connectivity index (χ1n) is 5.77. The molecule has 1 N–H and O–H groups in total. The lowest BCUT2D eigenvalue weighted by Crippen LogP contribution is -2.23. The number of allylic oxidation sites excluding steroid dienone is 1. The van der Waals surface area contributed by atoms with Crippen molar-refractivity contribution in [3.05, 3.63) is 11.6 Å². The molecule has 1 unspecified atom stereocenters. The van der Waals surface area contributed by atoms with Gasteiger partial charge in [0.25, 0.3) is 0 Å². The molecule has 1 rings (SSSR count). The van der Waals surface area contributed by atoms with Gasteiger partial charge >= 0.3 is 0 Å². The van der Waals surface area contributed by atoms with Crippen LogP contribution in [0, 0.1) is 11.3 Å². The van der Waals surface area contributed by atoms with Crippen LogP contribution in [0.3, 0.4) is 0 Å². The van der Waals surface area contributed by atoms with E-state index in [1.165, 1.54) is 31.3 Å². The van der Waals surface area contributed by atoms with Crippen molar-refractivity contribution in [3.8, 4) is 0 Å². The molecule has 0 spiro atoms. The minimum Gasteiger partial charge on any atom is -0.389 e. The molecule has 0 aromatic carbocycles. The van der Waals surface area contributed by atoms with Crippen molar-refractivity contribution in [1.29, 1.82) is 0 Å². The van der Waals surface area contributed by atoms with Crippen molar-refractivity contribution in [2.24, 2.45) is 11.3 Å². The van der Waals surface area contributed by atoms with E-state index in [1.54, 1.807) is 0 Å². The van der Waals surface area contributed by atoms with E-state index in [0.717, 1.165) is 5.92 Å². The van der Waals surface area contributed by atoms with Crippen LogP contribution in [0.1, 0.15) is 53.4 Å². The molecule has 82 valence electrons. The minimum atomic E-state index is -0.267. The normalized spacial score (nSPS) is 26.1. The van der Waals surface area contributed by atoms with Crippen molar-refractivity contribution in [2.75, 3.05) is 0 Å². The number of aliphatic hydroxyl groups excluding tert-OH is 1. The van der Waals surface area contributed by atoms with Gasteiger partial charge in [0.05, 0.1) is 6.10 Å². The summed E-state index contributed by atoms with van der Waals surface area (Å²) in [6.45, 7) is 8.84. The molecule has 0 amide bonds. The highest BCUT2D eigenvalue weighted by Gasteiger charge is 2.27. The standard InChI is InChI=1S/C13H24O/c1-10(14)9-11-5-7-12(8-6-11)13(2,3)4/h9-10,12,14H,5-8H2,1-4H3. The van der Waals surface area contributed by atoms with Crippen LogP contribution in [0.25, 0.3) is 0 Å². The average molecular weight is 196 g/mol. The first-order valence-corrected chi connectivity index (χ1v) is 5.77. The van der Waals surface area contributed by atoms with Crippen molar-refractivity contribution < 1.29 is 5.11 Å². The first-order chi connectivity index (χ1) is 6.39. The second kappa shape index (κ2) is 4.48. The molecule has 1 aliphatic rings. The molecular formula is C13H24O. The minimum absolute atomic E-state index is 0.267. The quantitative estimate of drug-likeness (QED) is 0.636. The van der Waals surface area contributed by atoms with E-state index in [1.807, 2.05) is 13.0 Å². The topological polar surface area (TPSA) is 20.2 Å². The van der Waals surface area contributed by atoms with Crippen molar-refractivity contribution in [2.45, 2.75) is 59.5 Å². The molecular weight excluding hydrogens is 172 g/mol. The highest BCUT2D eigenvalue weighted by molar-refractivity contribution is 5.08. The highest BCUT2D eigenvalue weighted by atomic mass is 16.3. The summed E-state index contributed by atoms with van der Waals surface area (Å²) in [4.78, 5) is 0. The highest BCUT2D eigenvalue weighted by Crippen LogP contribution is 2.39. The summed E-state index contributed by atoms with van der Waals surface area (Å²) < 4.78 is 0. The van der Waals surface area contributed by atoms with E-state index < -0.39 is 0 Å². The fourth-order valence-corrected chi connectivity index (χ4v) is 2.36. The Bertz CT molecular complexity index is 198. The Morgan fingerprint density at radius 3 is 2.14 bits per heavy atom. The van der Waals surface area contributed by atoms with Crippen LogP contribution in [-0.2, 0) is 0 Å². The number of hydrogen-bond acceptors (Lipinski definition) is 1. The molecule has 0 aliphatic heterocycles. The molecule has 0 aromatic rings. The predicted octanol–water partition coefficient (Wildman–Crippen LogP) is 3.53. The second-order valence-corrected chi connectivity index (χ2v) is 5.71. The van der Waals surface area contributed by atoms with E-state index in [9.17, 15) is 5.11 Å². The van der Waals surface area contributed by atoms with E-state index >= 15 is 0 Å². The summed E-state index contributed by atoms with van der Waals surface area (Å²) >= 11 is 0. The molecule has 0 radical (unpaired) electrons. The summed E-state index contributed by atoms with van der Waals surface area (Å²) in [6.07, 6.45) is 6.72. The van der Waals surface area contributed by atoms with Crippen LogP contribution in [-0.4, -0.2) is 11.2 Å². The average Bonchev–Trinajstić information content (AvgIpc) is 2.02. The van der Waals surface area contributed by atoms with Crippen LogP contribution in [0.4, 0.5) is 0 Å². The molecule has 1 atom stereocenters. The van der Waals surface area contributed by atoms with Crippen molar-refractivity contribution in [1.82, 2.24) is 0 Å². The number of aliphatic hydroxyl groups is 1. The van der Waals surface area contributed by atoms with Crippen LogP contribution in [0.15, 0.2) is 11.6 Å². The monoisotopic (exact) mass is 196 g/mol. The van der Waals surface area contributed by atoms with Crippen LogP contribution >= 0.6 is 0 Å². The Labute approximate surface area is 88.2 Å². The molecule has 1 fully saturated rings. The molecule has 0 bridgehead atoms. The molecule has 0 aromatic heterocycles. The molecule has 1 aliphatic carbocycles. The maximum Gasteiger partial charge on any atom is 0.0695 e. The Balaban J connectivity index is 2.47. The van der Waals surface area contributed by atoms with Crippen molar-refractivity contribution >= 4 is 0 Å². The van der Waals surface area contributed by atoms with Gasteiger partial charge in [-0.05, 0) is 43.9 Å². The van der Waals surface area contributed by atoms with Crippen LogP contribution in [0.2, 0.25) is 0 Å². The smallest absolute Gasteiger partial charge is 0.0695 e. The maximum atomic E-state index is 9.25. The molecule has 0 saturated heterocycles. The summed E-state index contributed by atoms with van der Waals surface area (Å²) in [6, 6.07) is 0. The lowest BCUT2D eigenvalue weighted by atomic mass is 9.71. The molecule has 1 nitrogen and oxygen atoms in total. The largest absolute Gasteiger partial charge is 0.389 e. The number of hydrogen-bond donors (Lipinski definition) is 1. The lowest BCUT2D eigenvalue weighted by Gasteiger charge is -2.34. The number of rotatable bonds is 1. The van der Waals surface area contributed by atoms with Gasteiger partial charge in [-0.1, -0.05) is 32.4 Å². The summed E-state index contributed by atoms with van der Waals surface area (Å²) in [5.74, 6) is 0.855. The SMILES string of the molecule is CC(O)C=C1CCC(C(C)(C)C)CC1. The van der Waals surface area contributed by atoms with Crippen LogP contribution < -0.4 is 0 Å². The molecule has 14 heavy (non-hydrogen) atoms. The summed E-state index contributed by atoms with van der Waals surface area (Å²) in [5.41, 5.74) is 1.91. The van der Waals surface area contributed by atoms with Gasteiger partial charge in [0, 0.05) is 0 Å². The fraction of sp³-hybridized carbons (Fsp3) is 0.846. The first kappa shape index (κ1) is 11.8. The Morgan fingerprint density at radius 2 is 1.79 bits per heavy atom. The second-order valence-electron chi connectivity index (χ2n) is 5.71. The van der Waals surface area contributed by atoms with Gasteiger partial charge in [-0.3, -0.25) is 0 Å². The lowest BCUT2D eigenvalue weighted by molar-refractivity contribution is 0.194. The van der Waals surface area contributed by atoms with Gasteiger partial charge in [-0.2, -0.15) is 0 Å². The fourth-order valence-electron chi connectivity index (χ4n) is 2.36. The summed E-state index contributed by atoms with van der Waals surface area (Å²) in [7, 11) is 0. The zero-order chi connectivity index (χ0) is 10.8. The molecule has 1 saturated carbocycles. The third-order valence-corrected chi connectivity index (χ3v) is 3.33. The van der Waals surface area contributed by atoms with E-state index in [2.05, 4.69) is 20.8 Å². The predicted molar refractivity (Wildman–Crippen MR) is 61.2 cm³/mol. The Kier molecular flexibility index (Phi) is 3.77. The van der Waals surface area contributed by atoms with Gasteiger partial charge in [0.1, 0.15) is 0 Å². The third kappa shape index (κ3) is 3.45. The molecule has 1 heteroatoms. The third-order valence-electron chi connectivity index (χ3n) is 3.33. The Hall–Kier alpha value is -0.300. The van der Waals surface area contributed by atoms with Gasteiger partial charge in [-0.25, -0.2) is 0 Å². The van der Waals surface area contributed by atoms with Crippen molar-refractivity contribution in [3.63, 3.8) is 0 Å². The zero-order valence-electron chi connectivity index (χ0n) is 10.0. The molecule has 0 heterocycles. The van der Waals surface area contributed by atoms with Gasteiger partial charge < -0.3 is 5.11 Å². The van der Waals surface area contributed by atoms with Gasteiger partial charge in [0.2, 0.25) is 0 Å². The maximum absolute atomic E-state index is 9.25. The zero-order valence-corrected chi connectivity index (χ0v) is 10.0. The van der Waals surface area contributed by atoms with Gasteiger partial charge in [-0.15, -0.1) is 0 Å². The Morgan fingerprint density at radius 1 is 1.29 bits per heavy atom. The van der Waals surface area contributed by atoms with E-state index in [-0.39, 0.29) is 6.10 Å². The van der Waals surface area contributed by atoms with E-state index in [4.69, 9.17) is 0 Å².